The van der Waals surface area contributed by atoms with Gasteiger partial charge in [0.15, 0.2) is 0 Å². The highest BCUT2D eigenvalue weighted by Crippen LogP contribution is 2.46. The summed E-state index contributed by atoms with van der Waals surface area (Å²) in [6.07, 6.45) is 4.61. The van der Waals surface area contributed by atoms with Crippen LogP contribution in [0.4, 0.5) is 4.39 Å². The molecule has 0 heterocycles. The van der Waals surface area contributed by atoms with Gasteiger partial charge in [0, 0.05) is 12.0 Å². The van der Waals surface area contributed by atoms with Gasteiger partial charge in [0.2, 0.25) is 5.91 Å². The van der Waals surface area contributed by atoms with Crippen LogP contribution in [0.2, 0.25) is 0 Å². The monoisotopic (exact) mass is 277 g/mol. The van der Waals surface area contributed by atoms with Gasteiger partial charge in [0.25, 0.3) is 0 Å². The van der Waals surface area contributed by atoms with E-state index in [0.29, 0.717) is 6.54 Å². The summed E-state index contributed by atoms with van der Waals surface area (Å²) >= 11 is 0. The SMILES string of the molecule is O=C(NCC1(CO)CC1)C1(c2ccc(F)cc2)CCC1. The maximum absolute atomic E-state index is 13.0. The first kappa shape index (κ1) is 13.6. The van der Waals surface area contributed by atoms with Crippen LogP contribution >= 0.6 is 0 Å². The number of halogens is 1. The summed E-state index contributed by atoms with van der Waals surface area (Å²) < 4.78 is 13.0. The topological polar surface area (TPSA) is 49.3 Å². The van der Waals surface area contributed by atoms with Gasteiger partial charge in [-0.1, -0.05) is 18.6 Å². The average molecular weight is 277 g/mol. The highest BCUT2D eigenvalue weighted by molar-refractivity contribution is 5.89. The van der Waals surface area contributed by atoms with Gasteiger partial charge in [0.1, 0.15) is 5.82 Å². The van der Waals surface area contributed by atoms with Gasteiger partial charge in [0.05, 0.1) is 12.0 Å². The van der Waals surface area contributed by atoms with E-state index in [1.165, 1.54) is 12.1 Å². The number of benzene rings is 1. The van der Waals surface area contributed by atoms with Crippen molar-refractivity contribution in [2.45, 2.75) is 37.5 Å². The Morgan fingerprint density at radius 3 is 2.30 bits per heavy atom. The Bertz CT molecular complexity index is 504. The van der Waals surface area contributed by atoms with Crippen LogP contribution in [0, 0.1) is 11.2 Å². The molecule has 2 aliphatic rings. The molecule has 0 atom stereocenters. The van der Waals surface area contributed by atoms with E-state index in [-0.39, 0.29) is 23.7 Å². The largest absolute Gasteiger partial charge is 0.396 e. The summed E-state index contributed by atoms with van der Waals surface area (Å²) in [5.74, 6) is -0.254. The van der Waals surface area contributed by atoms with Crippen LogP contribution in [0.25, 0.3) is 0 Å². The van der Waals surface area contributed by atoms with Gasteiger partial charge in [-0.2, -0.15) is 0 Å². The zero-order valence-electron chi connectivity index (χ0n) is 11.5. The molecule has 2 saturated carbocycles. The van der Waals surface area contributed by atoms with Crippen LogP contribution < -0.4 is 5.32 Å². The van der Waals surface area contributed by atoms with Crippen LogP contribution in [0.1, 0.15) is 37.7 Å². The second kappa shape index (κ2) is 4.85. The molecule has 3 nitrogen and oxygen atoms in total. The molecule has 1 amide bonds. The number of aliphatic hydroxyl groups excluding tert-OH is 1. The Morgan fingerprint density at radius 1 is 1.20 bits per heavy atom. The van der Waals surface area contributed by atoms with Crippen LogP contribution in [-0.2, 0) is 10.2 Å². The standard InChI is InChI=1S/C16H20FNO2/c17-13-4-2-12(3-5-13)16(6-1-7-16)14(20)18-10-15(11-19)8-9-15/h2-5,19H,1,6-11H2,(H,18,20). The van der Waals surface area contributed by atoms with E-state index in [1.807, 2.05) is 0 Å². The molecule has 3 rings (SSSR count). The molecule has 2 aliphatic carbocycles. The Kier molecular flexibility index (Phi) is 3.28. The Morgan fingerprint density at radius 2 is 1.85 bits per heavy atom. The lowest BCUT2D eigenvalue weighted by Crippen LogP contribution is -2.50. The first-order chi connectivity index (χ1) is 9.60. The molecule has 1 aromatic rings. The normalized spacial score (nSPS) is 21.9. The molecule has 0 unspecified atom stereocenters. The molecule has 2 fully saturated rings. The molecule has 1 aromatic carbocycles. The fourth-order valence-corrected chi connectivity index (χ4v) is 2.95. The van der Waals surface area contributed by atoms with Gasteiger partial charge in [-0.3, -0.25) is 4.79 Å². The van der Waals surface area contributed by atoms with Crippen molar-refractivity contribution in [3.8, 4) is 0 Å². The van der Waals surface area contributed by atoms with Crippen molar-refractivity contribution in [1.82, 2.24) is 5.32 Å². The van der Waals surface area contributed by atoms with Crippen LogP contribution in [0.3, 0.4) is 0 Å². The first-order valence-corrected chi connectivity index (χ1v) is 7.26. The third-order valence-corrected chi connectivity index (χ3v) is 4.96. The third-order valence-electron chi connectivity index (χ3n) is 4.96. The summed E-state index contributed by atoms with van der Waals surface area (Å²) in [6, 6.07) is 6.26. The van der Waals surface area contributed by atoms with E-state index in [1.54, 1.807) is 12.1 Å². The quantitative estimate of drug-likeness (QED) is 0.866. The predicted molar refractivity (Wildman–Crippen MR) is 73.7 cm³/mol. The molecule has 4 heteroatoms. The highest BCUT2D eigenvalue weighted by Gasteiger charge is 2.48. The minimum absolute atomic E-state index is 0.0232. The fraction of sp³-hybridized carbons (Fsp3) is 0.562. The van der Waals surface area contributed by atoms with Crippen molar-refractivity contribution in [2.24, 2.45) is 5.41 Å². The van der Waals surface area contributed by atoms with Crippen LogP contribution in [0.15, 0.2) is 24.3 Å². The molecule has 0 radical (unpaired) electrons. The predicted octanol–water partition coefficient (Wildman–Crippen LogP) is 2.14. The number of carbonyl (C=O) groups excluding carboxylic acids is 1. The van der Waals surface area contributed by atoms with Crippen molar-refractivity contribution < 1.29 is 14.3 Å². The summed E-state index contributed by atoms with van der Waals surface area (Å²) in [4.78, 5) is 12.5. The molecule has 20 heavy (non-hydrogen) atoms. The van der Waals surface area contributed by atoms with Crippen LogP contribution in [-0.4, -0.2) is 24.2 Å². The van der Waals surface area contributed by atoms with Gasteiger partial charge in [-0.25, -0.2) is 4.39 Å². The molecule has 2 N–H and O–H groups in total. The average Bonchev–Trinajstić information content (AvgIpc) is 3.18. The Labute approximate surface area is 118 Å². The third kappa shape index (κ3) is 2.22. The molecule has 0 aromatic heterocycles. The maximum Gasteiger partial charge on any atom is 0.230 e. The van der Waals surface area contributed by atoms with E-state index >= 15 is 0 Å². The molecule has 0 aliphatic heterocycles. The number of hydrogen-bond acceptors (Lipinski definition) is 2. The van der Waals surface area contributed by atoms with Gasteiger partial charge >= 0.3 is 0 Å². The summed E-state index contributed by atoms with van der Waals surface area (Å²) in [5.41, 5.74) is 0.333. The second-order valence-corrected chi connectivity index (χ2v) is 6.28. The number of rotatable bonds is 5. The smallest absolute Gasteiger partial charge is 0.230 e. The minimum atomic E-state index is -0.487. The van der Waals surface area contributed by atoms with Gasteiger partial charge in [-0.15, -0.1) is 0 Å². The molecular formula is C16H20FNO2. The summed E-state index contributed by atoms with van der Waals surface area (Å²) in [5, 5.41) is 12.3. The van der Waals surface area contributed by atoms with Gasteiger partial charge in [-0.05, 0) is 43.4 Å². The zero-order chi connectivity index (χ0) is 14.2. The van der Waals surface area contributed by atoms with Crippen molar-refractivity contribution in [1.29, 1.82) is 0 Å². The maximum atomic E-state index is 13.0. The van der Waals surface area contributed by atoms with E-state index < -0.39 is 5.41 Å². The Balaban J connectivity index is 1.71. The van der Waals surface area contributed by atoms with E-state index in [4.69, 9.17) is 0 Å². The lowest BCUT2D eigenvalue weighted by atomic mass is 9.63. The number of aliphatic hydroxyl groups is 1. The molecule has 0 saturated heterocycles. The Hall–Kier alpha value is -1.42. The molecule has 108 valence electrons. The molecule has 0 bridgehead atoms. The van der Waals surface area contributed by atoms with E-state index in [2.05, 4.69) is 5.32 Å². The fourth-order valence-electron chi connectivity index (χ4n) is 2.95. The first-order valence-electron chi connectivity index (χ1n) is 7.26. The zero-order valence-corrected chi connectivity index (χ0v) is 11.5. The van der Waals surface area contributed by atoms with E-state index in [0.717, 1.165) is 37.7 Å². The number of hydrogen-bond donors (Lipinski definition) is 2. The molecule has 0 spiro atoms. The number of nitrogens with one attached hydrogen (secondary N) is 1. The van der Waals surface area contributed by atoms with Crippen molar-refractivity contribution >= 4 is 5.91 Å². The van der Waals surface area contributed by atoms with E-state index in [9.17, 15) is 14.3 Å². The van der Waals surface area contributed by atoms with Crippen molar-refractivity contribution in [3.05, 3.63) is 35.6 Å². The summed E-state index contributed by atoms with van der Waals surface area (Å²) in [6.45, 7) is 0.683. The minimum Gasteiger partial charge on any atom is -0.396 e. The van der Waals surface area contributed by atoms with Gasteiger partial charge < -0.3 is 10.4 Å². The van der Waals surface area contributed by atoms with Crippen molar-refractivity contribution in [3.63, 3.8) is 0 Å². The lowest BCUT2D eigenvalue weighted by Gasteiger charge is -2.41. The van der Waals surface area contributed by atoms with Crippen LogP contribution in [0.5, 0.6) is 0 Å². The van der Waals surface area contributed by atoms with Crippen molar-refractivity contribution in [2.75, 3.05) is 13.2 Å². The second-order valence-electron chi connectivity index (χ2n) is 6.28. The summed E-state index contributed by atoms with van der Waals surface area (Å²) in [7, 11) is 0. The number of carbonyl (C=O) groups is 1. The highest BCUT2D eigenvalue weighted by atomic mass is 19.1. The lowest BCUT2D eigenvalue weighted by molar-refractivity contribution is -0.130. The molecular weight excluding hydrogens is 257 g/mol. The number of amides is 1.